The zero-order valence-corrected chi connectivity index (χ0v) is 15.0. The highest BCUT2D eigenvalue weighted by atomic mass is 16.2. The number of anilines is 1. The molecule has 0 atom stereocenters. The summed E-state index contributed by atoms with van der Waals surface area (Å²) in [5.41, 5.74) is 1.69. The third-order valence-corrected chi connectivity index (χ3v) is 4.37. The van der Waals surface area contributed by atoms with Gasteiger partial charge in [0.25, 0.3) is 0 Å². The van der Waals surface area contributed by atoms with Gasteiger partial charge in [-0.2, -0.15) is 0 Å². The Balaban J connectivity index is 1.81. The number of benzene rings is 1. The standard InChI is InChI=1S/C19H29N3O2/c1-14(2)20-18(23)12-15-8-10-17(11-9-15)21-19(24)22(3)13-16-6-4-5-7-16/h8-11,14,16H,4-7,12-13H2,1-3H3,(H,20,23)(H,21,24). The van der Waals surface area contributed by atoms with Crippen LogP contribution in [0.5, 0.6) is 0 Å². The minimum absolute atomic E-state index is 0.0121. The van der Waals surface area contributed by atoms with Gasteiger partial charge in [0.1, 0.15) is 0 Å². The first kappa shape index (κ1) is 18.3. The lowest BCUT2D eigenvalue weighted by atomic mass is 10.1. The van der Waals surface area contributed by atoms with E-state index < -0.39 is 0 Å². The molecule has 0 spiro atoms. The molecule has 1 saturated carbocycles. The second-order valence-corrected chi connectivity index (χ2v) is 7.06. The first-order valence-electron chi connectivity index (χ1n) is 8.84. The van der Waals surface area contributed by atoms with Gasteiger partial charge in [0, 0.05) is 25.3 Å². The van der Waals surface area contributed by atoms with Crippen LogP contribution in [-0.2, 0) is 11.2 Å². The zero-order valence-electron chi connectivity index (χ0n) is 15.0. The molecule has 1 aromatic rings. The van der Waals surface area contributed by atoms with E-state index >= 15 is 0 Å². The summed E-state index contributed by atoms with van der Waals surface area (Å²) in [6, 6.07) is 7.52. The molecule has 2 N–H and O–H groups in total. The quantitative estimate of drug-likeness (QED) is 0.839. The van der Waals surface area contributed by atoms with Gasteiger partial charge in [0.05, 0.1) is 6.42 Å². The lowest BCUT2D eigenvalue weighted by molar-refractivity contribution is -0.120. The molecule has 5 heteroatoms. The fourth-order valence-corrected chi connectivity index (χ4v) is 3.15. The molecule has 1 aliphatic rings. The maximum absolute atomic E-state index is 12.2. The van der Waals surface area contributed by atoms with Gasteiger partial charge in [0.15, 0.2) is 0 Å². The Hall–Kier alpha value is -2.04. The molecule has 132 valence electrons. The molecule has 0 aliphatic heterocycles. The summed E-state index contributed by atoms with van der Waals surface area (Å²) in [6.45, 7) is 4.70. The van der Waals surface area contributed by atoms with E-state index in [1.165, 1.54) is 25.7 Å². The normalized spacial score (nSPS) is 14.7. The Morgan fingerprint density at radius 1 is 1.17 bits per heavy atom. The minimum Gasteiger partial charge on any atom is -0.354 e. The van der Waals surface area contributed by atoms with Crippen LogP contribution in [0.25, 0.3) is 0 Å². The molecule has 0 unspecified atom stereocenters. The Morgan fingerprint density at radius 3 is 2.38 bits per heavy atom. The highest BCUT2D eigenvalue weighted by Gasteiger charge is 2.19. The van der Waals surface area contributed by atoms with Crippen LogP contribution < -0.4 is 10.6 Å². The van der Waals surface area contributed by atoms with Crippen LogP contribution in [0.15, 0.2) is 24.3 Å². The average Bonchev–Trinajstić information content (AvgIpc) is 3.01. The summed E-state index contributed by atoms with van der Waals surface area (Å²) in [5.74, 6) is 0.653. The molecule has 0 saturated heterocycles. The van der Waals surface area contributed by atoms with Gasteiger partial charge in [0.2, 0.25) is 5.91 Å². The monoisotopic (exact) mass is 331 g/mol. The summed E-state index contributed by atoms with van der Waals surface area (Å²) in [7, 11) is 1.85. The van der Waals surface area contributed by atoms with Crippen LogP contribution in [0.1, 0.15) is 45.1 Å². The third-order valence-electron chi connectivity index (χ3n) is 4.37. The molecule has 0 heterocycles. The van der Waals surface area contributed by atoms with E-state index in [0.717, 1.165) is 17.8 Å². The number of urea groups is 1. The van der Waals surface area contributed by atoms with Crippen molar-refractivity contribution in [3.05, 3.63) is 29.8 Å². The van der Waals surface area contributed by atoms with Gasteiger partial charge in [-0.05, 0) is 50.3 Å². The van der Waals surface area contributed by atoms with Gasteiger partial charge in [-0.3, -0.25) is 4.79 Å². The Bertz CT molecular complexity index is 548. The summed E-state index contributed by atoms with van der Waals surface area (Å²) in [4.78, 5) is 25.8. The molecule has 0 radical (unpaired) electrons. The first-order valence-corrected chi connectivity index (χ1v) is 8.84. The van der Waals surface area contributed by atoms with Crippen LogP contribution in [-0.4, -0.2) is 36.5 Å². The van der Waals surface area contributed by atoms with E-state index in [1.54, 1.807) is 4.90 Å². The average molecular weight is 331 g/mol. The third kappa shape index (κ3) is 5.87. The molecular weight excluding hydrogens is 302 g/mol. The molecule has 2 rings (SSSR count). The molecule has 1 fully saturated rings. The number of amides is 3. The van der Waals surface area contributed by atoms with E-state index in [4.69, 9.17) is 0 Å². The Labute approximate surface area is 144 Å². The van der Waals surface area contributed by atoms with Gasteiger partial charge >= 0.3 is 6.03 Å². The van der Waals surface area contributed by atoms with Crippen molar-refractivity contribution in [3.8, 4) is 0 Å². The van der Waals surface area contributed by atoms with Crippen molar-refractivity contribution in [1.82, 2.24) is 10.2 Å². The Kier molecular flexibility index (Phi) is 6.64. The smallest absolute Gasteiger partial charge is 0.321 e. The number of hydrogen-bond donors (Lipinski definition) is 2. The molecule has 1 aliphatic carbocycles. The van der Waals surface area contributed by atoms with E-state index in [2.05, 4.69) is 10.6 Å². The van der Waals surface area contributed by atoms with Crippen LogP contribution in [0.4, 0.5) is 10.5 Å². The molecule has 3 amide bonds. The van der Waals surface area contributed by atoms with Crippen molar-refractivity contribution >= 4 is 17.6 Å². The number of nitrogens with zero attached hydrogens (tertiary/aromatic N) is 1. The summed E-state index contributed by atoms with van der Waals surface area (Å²) in [6.07, 6.45) is 5.38. The van der Waals surface area contributed by atoms with Crippen molar-refractivity contribution in [2.24, 2.45) is 5.92 Å². The Morgan fingerprint density at radius 2 is 1.79 bits per heavy atom. The van der Waals surface area contributed by atoms with Gasteiger partial charge in [-0.15, -0.1) is 0 Å². The maximum Gasteiger partial charge on any atom is 0.321 e. The van der Waals surface area contributed by atoms with Gasteiger partial charge < -0.3 is 15.5 Å². The van der Waals surface area contributed by atoms with Crippen molar-refractivity contribution in [1.29, 1.82) is 0 Å². The SMILES string of the molecule is CC(C)NC(=O)Cc1ccc(NC(=O)N(C)CC2CCCC2)cc1. The van der Waals surface area contributed by atoms with Crippen LogP contribution in [0.2, 0.25) is 0 Å². The van der Waals surface area contributed by atoms with Crippen molar-refractivity contribution in [3.63, 3.8) is 0 Å². The summed E-state index contributed by atoms with van der Waals surface area (Å²) in [5, 5.41) is 5.79. The highest BCUT2D eigenvalue weighted by molar-refractivity contribution is 5.89. The summed E-state index contributed by atoms with van der Waals surface area (Å²) < 4.78 is 0. The zero-order chi connectivity index (χ0) is 17.5. The second kappa shape index (κ2) is 8.71. The molecule has 0 aromatic heterocycles. The fraction of sp³-hybridized carbons (Fsp3) is 0.579. The fourth-order valence-electron chi connectivity index (χ4n) is 3.15. The predicted octanol–water partition coefficient (Wildman–Crippen LogP) is 3.41. The van der Waals surface area contributed by atoms with Crippen molar-refractivity contribution in [2.75, 3.05) is 18.9 Å². The molecule has 1 aromatic carbocycles. The molecule has 0 bridgehead atoms. The summed E-state index contributed by atoms with van der Waals surface area (Å²) >= 11 is 0. The van der Waals surface area contributed by atoms with Crippen LogP contribution >= 0.6 is 0 Å². The van der Waals surface area contributed by atoms with Crippen molar-refractivity contribution < 1.29 is 9.59 Å². The molecule has 5 nitrogen and oxygen atoms in total. The minimum atomic E-state index is -0.0767. The molecule has 24 heavy (non-hydrogen) atoms. The number of hydrogen-bond acceptors (Lipinski definition) is 2. The van der Waals surface area contributed by atoms with Crippen LogP contribution in [0.3, 0.4) is 0 Å². The van der Waals surface area contributed by atoms with E-state index in [1.807, 2.05) is 45.2 Å². The van der Waals surface area contributed by atoms with E-state index in [0.29, 0.717) is 12.3 Å². The predicted molar refractivity (Wildman–Crippen MR) is 97.0 cm³/mol. The number of carbonyl (C=O) groups is 2. The second-order valence-electron chi connectivity index (χ2n) is 7.06. The lowest BCUT2D eigenvalue weighted by Gasteiger charge is -2.21. The number of nitrogens with one attached hydrogen (secondary N) is 2. The number of carbonyl (C=O) groups excluding carboxylic acids is 2. The van der Waals surface area contributed by atoms with Crippen LogP contribution in [0, 0.1) is 5.92 Å². The van der Waals surface area contributed by atoms with Gasteiger partial charge in [-0.25, -0.2) is 4.79 Å². The molecular formula is C19H29N3O2. The van der Waals surface area contributed by atoms with E-state index in [-0.39, 0.29) is 18.0 Å². The van der Waals surface area contributed by atoms with E-state index in [9.17, 15) is 9.59 Å². The largest absolute Gasteiger partial charge is 0.354 e. The number of rotatable bonds is 6. The topological polar surface area (TPSA) is 61.4 Å². The maximum atomic E-state index is 12.2. The van der Waals surface area contributed by atoms with Gasteiger partial charge in [-0.1, -0.05) is 25.0 Å². The highest BCUT2D eigenvalue weighted by Crippen LogP contribution is 2.25. The first-order chi connectivity index (χ1) is 11.4. The van der Waals surface area contributed by atoms with Crippen molar-refractivity contribution in [2.45, 2.75) is 52.0 Å². The lowest BCUT2D eigenvalue weighted by Crippen LogP contribution is -2.34.